The second-order valence-corrected chi connectivity index (χ2v) is 5.54. The normalized spacial score (nSPS) is 17.9. The summed E-state index contributed by atoms with van der Waals surface area (Å²) in [4.78, 5) is 9.21. The minimum atomic E-state index is -3.07. The minimum Gasteiger partial charge on any atom is -0.333 e. The highest BCUT2D eigenvalue weighted by molar-refractivity contribution is 7.56. The molecule has 0 aromatic rings. The molecule has 0 spiro atoms. The number of rotatable bonds is 3. The zero-order valence-corrected chi connectivity index (χ0v) is 7.85. The first-order chi connectivity index (χ1) is 4.36. The van der Waals surface area contributed by atoms with Gasteiger partial charge in [0.05, 0.1) is 0 Å². The lowest BCUT2D eigenvalue weighted by Crippen LogP contribution is -2.23. The van der Waals surface area contributed by atoms with Gasteiger partial charge < -0.3 is 4.89 Å². The molecule has 1 unspecified atom stereocenters. The molecule has 10 heavy (non-hydrogen) atoms. The summed E-state index contributed by atoms with van der Waals surface area (Å²) >= 11 is 0. The van der Waals surface area contributed by atoms with Crippen LogP contribution in [0.2, 0.25) is 0 Å². The summed E-state index contributed by atoms with van der Waals surface area (Å²) in [6.45, 7) is 7.17. The van der Waals surface area contributed by atoms with E-state index in [0.29, 0.717) is 0 Å². The van der Waals surface area contributed by atoms with Crippen LogP contribution in [0.5, 0.6) is 0 Å². The zero-order valence-electron chi connectivity index (χ0n) is 6.96. The summed E-state index contributed by atoms with van der Waals surface area (Å²) in [5.74, 6) is 0. The Morgan fingerprint density at radius 3 is 1.80 bits per heavy atom. The molecule has 0 amide bonds. The zero-order chi connectivity index (χ0) is 8.36. The Bertz CT molecular complexity index is 145. The van der Waals surface area contributed by atoms with Crippen LogP contribution >= 0.6 is 7.52 Å². The average Bonchev–Trinajstić information content (AvgIpc) is 1.60. The molecule has 0 bridgehead atoms. The third kappa shape index (κ3) is 3.35. The number of nitrogens with one attached hydrogen (secondary N) is 1. The highest BCUT2D eigenvalue weighted by Gasteiger charge is 2.22. The van der Waals surface area contributed by atoms with E-state index >= 15 is 0 Å². The van der Waals surface area contributed by atoms with Gasteiger partial charge in [-0.05, 0) is 13.8 Å². The molecule has 2 N–H and O–H groups in total. The van der Waals surface area contributed by atoms with Gasteiger partial charge in [-0.2, -0.15) is 0 Å². The molecule has 0 heterocycles. The van der Waals surface area contributed by atoms with Crippen molar-refractivity contribution in [2.75, 3.05) is 0 Å². The van der Waals surface area contributed by atoms with Crippen LogP contribution in [-0.2, 0) is 4.57 Å². The third-order valence-corrected chi connectivity index (χ3v) is 3.43. The van der Waals surface area contributed by atoms with Crippen LogP contribution in [0.15, 0.2) is 0 Å². The molecule has 0 aliphatic rings. The standard InChI is InChI=1S/C6H16NO2P/c1-5(2)7-10(8,9)6(3)4/h5-6H,1-4H3,(H2,7,8,9). The maximum atomic E-state index is 11.2. The monoisotopic (exact) mass is 165 g/mol. The molecule has 0 saturated heterocycles. The molecular weight excluding hydrogens is 149 g/mol. The van der Waals surface area contributed by atoms with Crippen molar-refractivity contribution in [1.29, 1.82) is 0 Å². The largest absolute Gasteiger partial charge is 0.333 e. The van der Waals surface area contributed by atoms with E-state index in [1.54, 1.807) is 13.8 Å². The first kappa shape index (κ1) is 10.2. The Balaban J connectivity index is 4.01. The summed E-state index contributed by atoms with van der Waals surface area (Å²) < 4.78 is 11.2. The molecule has 62 valence electrons. The molecule has 0 rings (SSSR count). The lowest BCUT2D eigenvalue weighted by molar-refractivity contribution is 0.445. The van der Waals surface area contributed by atoms with E-state index in [0.717, 1.165) is 0 Å². The van der Waals surface area contributed by atoms with Crippen LogP contribution in [0, 0.1) is 0 Å². The van der Waals surface area contributed by atoms with Gasteiger partial charge in [-0.3, -0.25) is 4.57 Å². The van der Waals surface area contributed by atoms with E-state index in [4.69, 9.17) is 0 Å². The Kier molecular flexibility index (Phi) is 3.57. The quantitative estimate of drug-likeness (QED) is 0.624. The van der Waals surface area contributed by atoms with E-state index < -0.39 is 7.52 Å². The molecule has 0 radical (unpaired) electrons. The van der Waals surface area contributed by atoms with Gasteiger partial charge in [-0.15, -0.1) is 0 Å². The van der Waals surface area contributed by atoms with Crippen molar-refractivity contribution in [3.8, 4) is 0 Å². The topological polar surface area (TPSA) is 49.3 Å². The van der Waals surface area contributed by atoms with Crippen molar-refractivity contribution in [1.82, 2.24) is 5.09 Å². The molecule has 0 aromatic heterocycles. The van der Waals surface area contributed by atoms with Gasteiger partial charge in [0.25, 0.3) is 7.52 Å². The summed E-state index contributed by atoms with van der Waals surface area (Å²) in [6, 6.07) is 0.0678. The first-order valence-corrected chi connectivity index (χ1v) is 5.19. The molecular formula is C6H16NO2P. The predicted molar refractivity (Wildman–Crippen MR) is 43.2 cm³/mol. The number of hydrogen-bond acceptors (Lipinski definition) is 1. The molecule has 0 aliphatic carbocycles. The van der Waals surface area contributed by atoms with Crippen LogP contribution in [0.25, 0.3) is 0 Å². The van der Waals surface area contributed by atoms with E-state index in [1.165, 1.54) is 0 Å². The van der Waals surface area contributed by atoms with Gasteiger partial charge >= 0.3 is 0 Å². The maximum absolute atomic E-state index is 11.2. The Labute approximate surface area is 62.3 Å². The van der Waals surface area contributed by atoms with Gasteiger partial charge in [0.1, 0.15) is 0 Å². The van der Waals surface area contributed by atoms with Gasteiger partial charge in [-0.1, -0.05) is 13.8 Å². The second kappa shape index (κ2) is 3.51. The minimum absolute atomic E-state index is 0.0678. The van der Waals surface area contributed by atoms with E-state index in [9.17, 15) is 9.46 Å². The highest BCUT2D eigenvalue weighted by atomic mass is 31.2. The summed E-state index contributed by atoms with van der Waals surface area (Å²) in [6.07, 6.45) is 0. The van der Waals surface area contributed by atoms with E-state index in [1.807, 2.05) is 13.8 Å². The van der Waals surface area contributed by atoms with Crippen LogP contribution in [0.3, 0.4) is 0 Å². The lowest BCUT2D eigenvalue weighted by atomic mass is 10.4. The molecule has 4 heteroatoms. The Morgan fingerprint density at radius 1 is 1.30 bits per heavy atom. The molecule has 0 aromatic carbocycles. The summed E-state index contributed by atoms with van der Waals surface area (Å²) in [5, 5.41) is 2.63. The molecule has 0 fully saturated rings. The van der Waals surface area contributed by atoms with Gasteiger partial charge in [-0.25, -0.2) is 5.09 Å². The fourth-order valence-corrected chi connectivity index (χ4v) is 1.56. The van der Waals surface area contributed by atoms with Gasteiger partial charge in [0.2, 0.25) is 0 Å². The maximum Gasteiger partial charge on any atom is 0.269 e. The average molecular weight is 165 g/mol. The number of hydrogen-bond donors (Lipinski definition) is 2. The van der Waals surface area contributed by atoms with Crippen molar-refractivity contribution >= 4 is 7.52 Å². The van der Waals surface area contributed by atoms with Gasteiger partial charge in [0, 0.05) is 11.7 Å². The second-order valence-electron chi connectivity index (χ2n) is 3.00. The summed E-state index contributed by atoms with van der Waals surface area (Å²) in [5.41, 5.74) is -0.199. The van der Waals surface area contributed by atoms with E-state index in [2.05, 4.69) is 5.09 Å². The fraction of sp³-hybridized carbons (Fsp3) is 1.00. The van der Waals surface area contributed by atoms with Crippen molar-refractivity contribution in [2.24, 2.45) is 0 Å². The molecule has 3 nitrogen and oxygen atoms in total. The van der Waals surface area contributed by atoms with Gasteiger partial charge in [0.15, 0.2) is 0 Å². The van der Waals surface area contributed by atoms with Crippen LogP contribution < -0.4 is 5.09 Å². The fourth-order valence-electron chi connectivity index (χ4n) is 0.519. The Hall–Kier alpha value is 0.150. The van der Waals surface area contributed by atoms with E-state index in [-0.39, 0.29) is 11.7 Å². The predicted octanol–water partition coefficient (Wildman–Crippen LogP) is 1.58. The van der Waals surface area contributed by atoms with Crippen LogP contribution in [0.4, 0.5) is 0 Å². The first-order valence-electron chi connectivity index (χ1n) is 3.46. The van der Waals surface area contributed by atoms with Crippen molar-refractivity contribution < 1.29 is 9.46 Å². The smallest absolute Gasteiger partial charge is 0.269 e. The molecule has 0 aliphatic heterocycles. The Morgan fingerprint density at radius 2 is 1.70 bits per heavy atom. The van der Waals surface area contributed by atoms with Crippen LogP contribution in [-0.4, -0.2) is 16.6 Å². The molecule has 1 atom stereocenters. The van der Waals surface area contributed by atoms with Crippen molar-refractivity contribution in [2.45, 2.75) is 39.4 Å². The highest BCUT2D eigenvalue weighted by Crippen LogP contribution is 2.41. The third-order valence-electron chi connectivity index (χ3n) is 1.14. The lowest BCUT2D eigenvalue weighted by Gasteiger charge is -2.18. The molecule has 0 saturated carbocycles. The SMILES string of the molecule is CC(C)NP(=O)(O)C(C)C. The summed E-state index contributed by atoms with van der Waals surface area (Å²) in [7, 11) is -3.07. The van der Waals surface area contributed by atoms with Crippen molar-refractivity contribution in [3.05, 3.63) is 0 Å². The van der Waals surface area contributed by atoms with Crippen molar-refractivity contribution in [3.63, 3.8) is 0 Å². The van der Waals surface area contributed by atoms with Crippen LogP contribution in [0.1, 0.15) is 27.7 Å².